The molecular formula is C16H22BrNO4S2. The van der Waals surface area contributed by atoms with E-state index >= 15 is 0 Å². The molecule has 0 radical (unpaired) electrons. The fraction of sp³-hybridized carbons (Fsp3) is 0.625. The molecule has 1 aliphatic carbocycles. The third kappa shape index (κ3) is 3.43. The Hall–Kier alpha value is -0.440. The van der Waals surface area contributed by atoms with E-state index in [1.165, 1.54) is 24.6 Å². The third-order valence-electron chi connectivity index (χ3n) is 5.11. The Labute approximate surface area is 152 Å². The van der Waals surface area contributed by atoms with Gasteiger partial charge < -0.3 is 0 Å². The van der Waals surface area contributed by atoms with E-state index in [4.69, 9.17) is 0 Å². The highest BCUT2D eigenvalue weighted by Crippen LogP contribution is 2.39. The lowest BCUT2D eigenvalue weighted by Gasteiger charge is -2.43. The van der Waals surface area contributed by atoms with Crippen molar-refractivity contribution in [3.05, 3.63) is 22.7 Å². The van der Waals surface area contributed by atoms with Crippen LogP contribution in [-0.2, 0) is 19.9 Å². The van der Waals surface area contributed by atoms with Gasteiger partial charge in [-0.15, -0.1) is 0 Å². The number of benzene rings is 1. The smallest absolute Gasteiger partial charge is 0.224 e. The summed E-state index contributed by atoms with van der Waals surface area (Å²) in [6, 6.07) is 4.26. The fourth-order valence-electron chi connectivity index (χ4n) is 3.92. The van der Waals surface area contributed by atoms with E-state index in [1.54, 1.807) is 4.31 Å². The van der Waals surface area contributed by atoms with E-state index in [0.717, 1.165) is 38.4 Å². The van der Waals surface area contributed by atoms with Crippen LogP contribution in [0.15, 0.2) is 32.5 Å². The van der Waals surface area contributed by atoms with Crippen molar-refractivity contribution in [2.45, 2.75) is 54.4 Å². The maximum absolute atomic E-state index is 13.2. The molecule has 1 aromatic carbocycles. The number of nitrogens with zero attached hydrogens (tertiary/aromatic N) is 1. The summed E-state index contributed by atoms with van der Waals surface area (Å²) in [4.78, 5) is 0.0816. The highest BCUT2D eigenvalue weighted by molar-refractivity contribution is 9.10. The first-order valence-electron chi connectivity index (χ1n) is 8.23. The molecule has 2 unspecified atom stereocenters. The molecule has 1 saturated heterocycles. The van der Waals surface area contributed by atoms with Gasteiger partial charge in [-0.2, -0.15) is 4.31 Å². The van der Waals surface area contributed by atoms with Gasteiger partial charge in [-0.05, 0) is 65.7 Å². The second-order valence-corrected chi connectivity index (χ2v) is 11.5. The van der Waals surface area contributed by atoms with Crippen LogP contribution in [0.1, 0.15) is 38.5 Å². The molecular weight excluding hydrogens is 414 g/mol. The van der Waals surface area contributed by atoms with Gasteiger partial charge in [0.05, 0.1) is 9.79 Å². The van der Waals surface area contributed by atoms with Crippen LogP contribution in [0.3, 0.4) is 0 Å². The molecule has 2 atom stereocenters. The Morgan fingerprint density at radius 1 is 1.04 bits per heavy atom. The average Bonchev–Trinajstić information content (AvgIpc) is 2.53. The predicted molar refractivity (Wildman–Crippen MR) is 96.1 cm³/mol. The zero-order valence-electron chi connectivity index (χ0n) is 13.6. The molecule has 0 bridgehead atoms. The number of hydrogen-bond donors (Lipinski definition) is 0. The van der Waals surface area contributed by atoms with Crippen molar-refractivity contribution < 1.29 is 16.8 Å². The molecule has 5 nitrogen and oxygen atoms in total. The van der Waals surface area contributed by atoms with Gasteiger partial charge in [0.1, 0.15) is 0 Å². The molecule has 0 aromatic heterocycles. The van der Waals surface area contributed by atoms with Crippen molar-refractivity contribution in [2.24, 2.45) is 5.92 Å². The Kier molecular flexibility index (Phi) is 5.12. The van der Waals surface area contributed by atoms with Crippen LogP contribution in [0.25, 0.3) is 0 Å². The monoisotopic (exact) mass is 435 g/mol. The summed E-state index contributed by atoms with van der Waals surface area (Å²) in [5, 5.41) is 0. The Morgan fingerprint density at radius 3 is 2.42 bits per heavy atom. The lowest BCUT2D eigenvalue weighted by molar-refractivity contribution is 0.129. The van der Waals surface area contributed by atoms with Crippen LogP contribution in [0.4, 0.5) is 0 Å². The molecule has 0 amide bonds. The van der Waals surface area contributed by atoms with E-state index < -0.39 is 19.9 Å². The quantitative estimate of drug-likeness (QED) is 0.730. The van der Waals surface area contributed by atoms with Gasteiger partial charge >= 0.3 is 0 Å². The summed E-state index contributed by atoms with van der Waals surface area (Å²) < 4.78 is 52.1. The van der Waals surface area contributed by atoms with Crippen LogP contribution in [-0.4, -0.2) is 40.0 Å². The molecule has 1 heterocycles. The number of hydrogen-bond acceptors (Lipinski definition) is 4. The van der Waals surface area contributed by atoms with E-state index in [9.17, 15) is 16.8 Å². The van der Waals surface area contributed by atoms with Gasteiger partial charge in [-0.1, -0.05) is 12.8 Å². The van der Waals surface area contributed by atoms with E-state index in [0.29, 0.717) is 16.9 Å². The van der Waals surface area contributed by atoms with Crippen molar-refractivity contribution in [1.82, 2.24) is 4.31 Å². The fourth-order valence-corrected chi connectivity index (χ4v) is 7.34. The minimum Gasteiger partial charge on any atom is -0.224 e. The summed E-state index contributed by atoms with van der Waals surface area (Å²) in [6.45, 7) is 0.513. The second-order valence-electron chi connectivity index (χ2n) is 6.73. The molecule has 3 rings (SSSR count). The Balaban J connectivity index is 2.04. The van der Waals surface area contributed by atoms with Crippen LogP contribution in [0, 0.1) is 5.92 Å². The molecule has 1 aromatic rings. The van der Waals surface area contributed by atoms with Crippen molar-refractivity contribution >= 4 is 35.8 Å². The average molecular weight is 436 g/mol. The largest absolute Gasteiger partial charge is 0.244 e. The standard InChI is InChI=1S/C16H22BrNO4S2/c1-23(19,20)13-8-9-14(17)16(11-13)24(21,22)18-10-4-6-12-5-2-3-7-15(12)18/h8-9,11-12,15H,2-7,10H2,1H3. The lowest BCUT2D eigenvalue weighted by atomic mass is 9.79. The highest BCUT2D eigenvalue weighted by atomic mass is 79.9. The molecule has 1 saturated carbocycles. The Bertz CT molecular complexity index is 834. The number of fused-ring (bicyclic) bond motifs is 1. The van der Waals surface area contributed by atoms with Crippen molar-refractivity contribution in [3.8, 4) is 0 Å². The number of sulfone groups is 1. The van der Waals surface area contributed by atoms with Crippen LogP contribution < -0.4 is 0 Å². The summed E-state index contributed by atoms with van der Waals surface area (Å²) in [5.41, 5.74) is 0. The summed E-state index contributed by atoms with van der Waals surface area (Å²) >= 11 is 3.29. The topological polar surface area (TPSA) is 71.5 Å². The van der Waals surface area contributed by atoms with Gasteiger partial charge in [0.2, 0.25) is 10.0 Å². The summed E-state index contributed by atoms with van der Waals surface area (Å²) in [7, 11) is -7.18. The predicted octanol–water partition coefficient (Wildman–Crippen LogP) is 3.20. The first kappa shape index (κ1) is 18.4. The lowest BCUT2D eigenvalue weighted by Crippen LogP contribution is -2.49. The van der Waals surface area contributed by atoms with Crippen molar-refractivity contribution in [1.29, 1.82) is 0 Å². The molecule has 0 N–H and O–H groups in total. The van der Waals surface area contributed by atoms with E-state index in [-0.39, 0.29) is 15.8 Å². The molecule has 8 heteroatoms. The first-order valence-corrected chi connectivity index (χ1v) is 12.3. The summed E-state index contributed by atoms with van der Waals surface area (Å²) in [5.74, 6) is 0.430. The van der Waals surface area contributed by atoms with Gasteiger partial charge in [0, 0.05) is 23.3 Å². The van der Waals surface area contributed by atoms with E-state index in [1.807, 2.05) is 0 Å². The number of sulfonamides is 1. The van der Waals surface area contributed by atoms with Crippen LogP contribution in [0.2, 0.25) is 0 Å². The number of piperidine rings is 1. The third-order valence-corrected chi connectivity index (χ3v) is 9.14. The van der Waals surface area contributed by atoms with E-state index in [2.05, 4.69) is 15.9 Å². The first-order chi connectivity index (χ1) is 11.2. The minimum atomic E-state index is -3.72. The van der Waals surface area contributed by atoms with Gasteiger partial charge in [0.15, 0.2) is 9.84 Å². The zero-order valence-corrected chi connectivity index (χ0v) is 16.8. The molecule has 2 fully saturated rings. The van der Waals surface area contributed by atoms with Gasteiger partial charge in [-0.3, -0.25) is 0 Å². The molecule has 0 spiro atoms. The molecule has 2 aliphatic rings. The SMILES string of the molecule is CS(=O)(=O)c1ccc(Br)c(S(=O)(=O)N2CCCC3CCCCC32)c1. The van der Waals surface area contributed by atoms with Crippen molar-refractivity contribution in [3.63, 3.8) is 0 Å². The maximum Gasteiger partial charge on any atom is 0.244 e. The number of halogens is 1. The minimum absolute atomic E-state index is 0.0291. The summed E-state index contributed by atoms with van der Waals surface area (Å²) in [6.07, 6.45) is 7.24. The van der Waals surface area contributed by atoms with Crippen LogP contribution >= 0.6 is 15.9 Å². The Morgan fingerprint density at radius 2 is 1.71 bits per heavy atom. The molecule has 134 valence electrons. The van der Waals surface area contributed by atoms with Gasteiger partial charge in [0.25, 0.3) is 0 Å². The zero-order chi connectivity index (χ0) is 17.5. The van der Waals surface area contributed by atoms with Gasteiger partial charge in [-0.25, -0.2) is 16.8 Å². The maximum atomic E-state index is 13.2. The highest BCUT2D eigenvalue weighted by Gasteiger charge is 2.40. The normalized spacial score (nSPS) is 26.1. The number of rotatable bonds is 3. The molecule has 24 heavy (non-hydrogen) atoms. The second kappa shape index (κ2) is 6.70. The van der Waals surface area contributed by atoms with Crippen molar-refractivity contribution in [2.75, 3.05) is 12.8 Å². The molecule has 1 aliphatic heterocycles. The van der Waals surface area contributed by atoms with Crippen LogP contribution in [0.5, 0.6) is 0 Å².